The number of phenolic OH excluding ortho intramolecular Hbond substituents is 1. The molecular weight excluding hydrogens is 488 g/mol. The Bertz CT molecular complexity index is 1300. The van der Waals surface area contributed by atoms with Crippen LogP contribution in [0.3, 0.4) is 0 Å². The number of rotatable bonds is 4. The normalized spacial score (nSPS) is 19.4. The van der Waals surface area contributed by atoms with Gasteiger partial charge in [0.25, 0.3) is 5.91 Å². The fourth-order valence-corrected chi connectivity index (χ4v) is 4.98. The van der Waals surface area contributed by atoms with E-state index in [1.807, 2.05) is 34.1 Å². The first-order chi connectivity index (χ1) is 18.5. The van der Waals surface area contributed by atoms with E-state index < -0.39 is 6.17 Å². The summed E-state index contributed by atoms with van der Waals surface area (Å²) >= 11 is 0. The molecule has 2 saturated heterocycles. The van der Waals surface area contributed by atoms with Crippen LogP contribution < -0.4 is 20.9 Å². The standard InChI is InChI=1S/C26H30N8O4/c35-20-7-1-17(2-8-20)22-28-24-21(25(36)29-22)23(30-31-24)27-18-3-5-19(6-4-18)32-9-11-33(12-10-32)26(37)34-13-15-38-16-14-34/h1-8,22,35H,9-16H2,(H,29,36)(H3,27,28,30,31). The Balaban J connectivity index is 1.07. The molecule has 2 aromatic carbocycles. The Hall–Kier alpha value is -4.45. The van der Waals surface area contributed by atoms with Crippen LogP contribution >= 0.6 is 0 Å². The van der Waals surface area contributed by atoms with E-state index >= 15 is 0 Å². The number of aromatic amines is 1. The summed E-state index contributed by atoms with van der Waals surface area (Å²) in [7, 11) is 0. The predicted octanol–water partition coefficient (Wildman–Crippen LogP) is 2.29. The smallest absolute Gasteiger partial charge is 0.320 e. The van der Waals surface area contributed by atoms with Crippen LogP contribution in [-0.4, -0.2) is 89.5 Å². The first-order valence-electron chi connectivity index (χ1n) is 12.7. The third kappa shape index (κ3) is 4.77. The molecule has 2 fully saturated rings. The number of benzene rings is 2. The molecule has 3 aliphatic rings. The van der Waals surface area contributed by atoms with E-state index in [0.717, 1.165) is 30.0 Å². The lowest BCUT2D eigenvalue weighted by Gasteiger charge is -2.39. The number of carbonyl (C=O) groups is 2. The van der Waals surface area contributed by atoms with Crippen LogP contribution in [0.2, 0.25) is 0 Å². The van der Waals surface area contributed by atoms with Crippen molar-refractivity contribution in [2.24, 2.45) is 0 Å². The number of nitrogens with zero attached hydrogens (tertiary/aromatic N) is 4. The maximum absolute atomic E-state index is 12.9. The fraction of sp³-hybridized carbons (Fsp3) is 0.346. The molecule has 5 N–H and O–H groups in total. The Morgan fingerprint density at radius 1 is 0.921 bits per heavy atom. The zero-order valence-corrected chi connectivity index (χ0v) is 20.8. The summed E-state index contributed by atoms with van der Waals surface area (Å²) in [6, 6.07) is 14.7. The first-order valence-corrected chi connectivity index (χ1v) is 12.7. The van der Waals surface area contributed by atoms with Crippen molar-refractivity contribution in [3.05, 3.63) is 59.7 Å². The number of piperazine rings is 1. The fourth-order valence-electron chi connectivity index (χ4n) is 4.98. The summed E-state index contributed by atoms with van der Waals surface area (Å²) in [6.07, 6.45) is -0.437. The van der Waals surface area contributed by atoms with Gasteiger partial charge >= 0.3 is 6.03 Å². The molecular formula is C26H30N8O4. The average molecular weight is 519 g/mol. The number of hydrogen-bond acceptors (Lipinski definition) is 8. The van der Waals surface area contributed by atoms with Gasteiger partial charge in [0.15, 0.2) is 5.82 Å². The molecule has 1 aromatic heterocycles. The molecule has 12 heteroatoms. The second-order valence-electron chi connectivity index (χ2n) is 9.49. The molecule has 3 aromatic rings. The van der Waals surface area contributed by atoms with Gasteiger partial charge in [-0.25, -0.2) is 4.79 Å². The number of carbonyl (C=O) groups excluding carboxylic acids is 2. The molecule has 38 heavy (non-hydrogen) atoms. The summed E-state index contributed by atoms with van der Waals surface area (Å²) in [5.74, 6) is 0.860. The Labute approximate surface area is 219 Å². The molecule has 1 atom stereocenters. The van der Waals surface area contributed by atoms with Crippen molar-refractivity contribution in [2.45, 2.75) is 6.17 Å². The predicted molar refractivity (Wildman–Crippen MR) is 142 cm³/mol. The number of amides is 3. The van der Waals surface area contributed by atoms with E-state index in [9.17, 15) is 14.7 Å². The third-order valence-electron chi connectivity index (χ3n) is 7.11. The summed E-state index contributed by atoms with van der Waals surface area (Å²) in [5.41, 5.74) is 3.10. The van der Waals surface area contributed by atoms with Gasteiger partial charge in [-0.05, 0) is 42.0 Å². The average Bonchev–Trinajstić information content (AvgIpc) is 3.37. The highest BCUT2D eigenvalue weighted by Gasteiger charge is 2.30. The highest BCUT2D eigenvalue weighted by molar-refractivity contribution is 6.05. The molecule has 0 radical (unpaired) electrons. The number of hydrogen-bond donors (Lipinski definition) is 5. The molecule has 0 bridgehead atoms. The Morgan fingerprint density at radius 3 is 2.32 bits per heavy atom. The molecule has 1 unspecified atom stereocenters. The van der Waals surface area contributed by atoms with Gasteiger partial charge in [-0.15, -0.1) is 0 Å². The van der Waals surface area contributed by atoms with E-state index in [0.29, 0.717) is 56.6 Å². The topological polar surface area (TPSA) is 138 Å². The lowest BCUT2D eigenvalue weighted by Crippen LogP contribution is -2.54. The van der Waals surface area contributed by atoms with Crippen LogP contribution in [-0.2, 0) is 4.74 Å². The minimum atomic E-state index is -0.437. The minimum Gasteiger partial charge on any atom is -0.508 e. The molecule has 6 rings (SSSR count). The SMILES string of the molecule is O=C1NC(c2ccc(O)cc2)Nc2[nH]nc(Nc3ccc(N4CCN(C(=O)N5CCOCC5)CC4)cc3)c21. The number of H-pyrrole nitrogens is 1. The van der Waals surface area contributed by atoms with Gasteiger partial charge in [0, 0.05) is 50.6 Å². The number of urea groups is 1. The summed E-state index contributed by atoms with van der Waals surface area (Å²) < 4.78 is 5.35. The molecule has 4 heterocycles. The van der Waals surface area contributed by atoms with Crippen LogP contribution in [0, 0.1) is 0 Å². The van der Waals surface area contributed by atoms with E-state index in [1.54, 1.807) is 24.3 Å². The molecule has 0 saturated carbocycles. The molecule has 198 valence electrons. The van der Waals surface area contributed by atoms with Gasteiger partial charge in [0.2, 0.25) is 0 Å². The van der Waals surface area contributed by atoms with Crippen LogP contribution in [0.5, 0.6) is 5.75 Å². The number of ether oxygens (including phenoxy) is 1. The summed E-state index contributed by atoms with van der Waals surface area (Å²) in [4.78, 5) is 31.7. The molecule has 3 amide bonds. The number of fused-ring (bicyclic) bond motifs is 1. The Morgan fingerprint density at radius 2 is 1.61 bits per heavy atom. The first kappa shape index (κ1) is 23.9. The number of aromatic nitrogens is 2. The van der Waals surface area contributed by atoms with E-state index in [1.165, 1.54) is 0 Å². The van der Waals surface area contributed by atoms with E-state index in [2.05, 4.69) is 31.0 Å². The van der Waals surface area contributed by atoms with Crippen molar-refractivity contribution in [1.82, 2.24) is 25.3 Å². The van der Waals surface area contributed by atoms with Crippen molar-refractivity contribution < 1.29 is 19.4 Å². The zero-order chi connectivity index (χ0) is 26.1. The maximum atomic E-state index is 12.9. The largest absolute Gasteiger partial charge is 0.508 e. The van der Waals surface area contributed by atoms with Crippen molar-refractivity contribution >= 4 is 34.9 Å². The van der Waals surface area contributed by atoms with Gasteiger partial charge in [0.05, 0.1) is 13.2 Å². The molecule has 0 spiro atoms. The molecule has 0 aliphatic carbocycles. The van der Waals surface area contributed by atoms with Crippen LogP contribution in [0.1, 0.15) is 22.1 Å². The second-order valence-corrected chi connectivity index (χ2v) is 9.49. The van der Waals surface area contributed by atoms with Crippen molar-refractivity contribution in [3.8, 4) is 5.75 Å². The van der Waals surface area contributed by atoms with Crippen LogP contribution in [0.15, 0.2) is 48.5 Å². The third-order valence-corrected chi connectivity index (χ3v) is 7.11. The maximum Gasteiger partial charge on any atom is 0.320 e. The van der Waals surface area contributed by atoms with Crippen LogP contribution in [0.4, 0.5) is 27.8 Å². The van der Waals surface area contributed by atoms with Gasteiger partial charge in [-0.1, -0.05) is 12.1 Å². The quantitative estimate of drug-likeness (QED) is 0.355. The number of aromatic hydroxyl groups is 1. The van der Waals surface area contributed by atoms with Crippen LogP contribution in [0.25, 0.3) is 0 Å². The zero-order valence-electron chi connectivity index (χ0n) is 20.8. The lowest BCUT2D eigenvalue weighted by atomic mass is 10.1. The number of phenols is 1. The summed E-state index contributed by atoms with van der Waals surface area (Å²) in [6.45, 7) is 5.43. The highest BCUT2D eigenvalue weighted by atomic mass is 16.5. The number of anilines is 4. The monoisotopic (exact) mass is 518 g/mol. The van der Waals surface area contributed by atoms with E-state index in [-0.39, 0.29) is 17.7 Å². The lowest BCUT2D eigenvalue weighted by molar-refractivity contribution is 0.0428. The minimum absolute atomic E-state index is 0.0998. The van der Waals surface area contributed by atoms with Gasteiger partial charge in [-0.3, -0.25) is 9.89 Å². The van der Waals surface area contributed by atoms with Gasteiger partial charge < -0.3 is 40.5 Å². The van der Waals surface area contributed by atoms with Crippen molar-refractivity contribution in [3.63, 3.8) is 0 Å². The number of morpholine rings is 1. The second kappa shape index (κ2) is 10.1. The Kier molecular flexibility index (Phi) is 6.38. The van der Waals surface area contributed by atoms with E-state index in [4.69, 9.17) is 4.74 Å². The highest BCUT2D eigenvalue weighted by Crippen LogP contribution is 2.32. The molecule has 12 nitrogen and oxygen atoms in total. The summed E-state index contributed by atoms with van der Waals surface area (Å²) in [5, 5.41) is 26.1. The van der Waals surface area contributed by atoms with Gasteiger partial charge in [0.1, 0.15) is 23.3 Å². The van der Waals surface area contributed by atoms with Crippen molar-refractivity contribution in [1.29, 1.82) is 0 Å². The van der Waals surface area contributed by atoms with Crippen molar-refractivity contribution in [2.75, 3.05) is 68.0 Å². The van der Waals surface area contributed by atoms with Gasteiger partial charge in [-0.2, -0.15) is 5.10 Å². The molecule has 3 aliphatic heterocycles. The number of nitrogens with one attached hydrogen (secondary N) is 4.